The topological polar surface area (TPSA) is 38.0 Å². The summed E-state index contributed by atoms with van der Waals surface area (Å²) < 4.78 is 13.5. The van der Waals surface area contributed by atoms with Gasteiger partial charge in [0.1, 0.15) is 5.82 Å². The highest BCUT2D eigenvalue weighted by molar-refractivity contribution is 6.30. The lowest BCUT2D eigenvalue weighted by Crippen LogP contribution is -2.16. The van der Waals surface area contributed by atoms with Crippen LogP contribution >= 0.6 is 11.6 Å². The highest BCUT2D eigenvalue weighted by Crippen LogP contribution is 2.19. The molecule has 2 rings (SSSR count). The maximum Gasteiger partial charge on any atom is 0.127 e. The van der Waals surface area contributed by atoms with Crippen LogP contribution in [0.3, 0.4) is 0 Å². The summed E-state index contributed by atoms with van der Waals surface area (Å²) in [5.41, 5.74) is 6.31. The first kappa shape index (κ1) is 11.3. The predicted molar refractivity (Wildman–Crippen MR) is 63.5 cm³/mol. The van der Waals surface area contributed by atoms with Gasteiger partial charge in [0, 0.05) is 11.6 Å². The first-order chi connectivity index (χ1) is 7.65. The predicted octanol–water partition coefficient (Wildman–Crippen LogP) is 2.43. The minimum absolute atomic E-state index is 0.226. The molecule has 16 heavy (non-hydrogen) atoms. The molecular formula is C12H14ClFN2. The van der Waals surface area contributed by atoms with Gasteiger partial charge >= 0.3 is 0 Å². The van der Waals surface area contributed by atoms with Crippen LogP contribution in [0.1, 0.15) is 12.0 Å². The maximum absolute atomic E-state index is 13.5. The van der Waals surface area contributed by atoms with Crippen LogP contribution in [0.5, 0.6) is 0 Å². The second-order valence-electron chi connectivity index (χ2n) is 4.04. The lowest BCUT2D eigenvalue weighted by atomic mass is 10.0. The summed E-state index contributed by atoms with van der Waals surface area (Å²) in [6.45, 7) is 0.848. The summed E-state index contributed by atoms with van der Waals surface area (Å²) in [5.74, 6) is 0.895. The molecule has 0 radical (unpaired) electrons. The fraction of sp³-hybridized carbons (Fsp3) is 0.333. The van der Waals surface area contributed by atoms with Gasteiger partial charge in [-0.05, 0) is 42.5 Å². The minimum atomic E-state index is -0.226. The van der Waals surface area contributed by atoms with Gasteiger partial charge in [0.25, 0.3) is 0 Å². The SMILES string of the molecule is NC1=C[C@H](CCc2ccc(Cl)cc2F)CN1. The van der Waals surface area contributed by atoms with Crippen LogP contribution < -0.4 is 11.1 Å². The zero-order valence-corrected chi connectivity index (χ0v) is 9.60. The first-order valence-corrected chi connectivity index (χ1v) is 5.68. The van der Waals surface area contributed by atoms with Gasteiger partial charge in [-0.1, -0.05) is 17.7 Å². The monoisotopic (exact) mass is 240 g/mol. The molecule has 1 aliphatic rings. The number of nitrogens with two attached hydrogens (primary N) is 1. The van der Waals surface area contributed by atoms with E-state index in [1.165, 1.54) is 6.07 Å². The zero-order valence-electron chi connectivity index (χ0n) is 8.84. The number of rotatable bonds is 3. The second kappa shape index (κ2) is 4.74. The van der Waals surface area contributed by atoms with Gasteiger partial charge in [-0.25, -0.2) is 4.39 Å². The molecule has 0 unspecified atom stereocenters. The van der Waals surface area contributed by atoms with Crippen molar-refractivity contribution in [3.05, 3.63) is 46.5 Å². The number of aryl methyl sites for hydroxylation is 1. The van der Waals surface area contributed by atoms with E-state index in [-0.39, 0.29) is 5.82 Å². The molecule has 0 saturated heterocycles. The Bertz CT molecular complexity index is 417. The van der Waals surface area contributed by atoms with E-state index < -0.39 is 0 Å². The quantitative estimate of drug-likeness (QED) is 0.852. The average Bonchev–Trinajstić information content (AvgIpc) is 2.63. The van der Waals surface area contributed by atoms with Gasteiger partial charge in [-0.3, -0.25) is 0 Å². The minimum Gasteiger partial charge on any atom is -0.386 e. The Hall–Kier alpha value is -1.22. The molecule has 1 aromatic rings. The Labute approximate surface area is 99.3 Å². The molecule has 0 aromatic heterocycles. The van der Waals surface area contributed by atoms with Gasteiger partial charge < -0.3 is 11.1 Å². The fourth-order valence-electron chi connectivity index (χ4n) is 1.87. The number of nitrogens with one attached hydrogen (secondary N) is 1. The van der Waals surface area contributed by atoms with Crippen molar-refractivity contribution >= 4 is 11.6 Å². The number of hydrogen-bond acceptors (Lipinski definition) is 2. The largest absolute Gasteiger partial charge is 0.386 e. The summed E-state index contributed by atoms with van der Waals surface area (Å²) in [4.78, 5) is 0. The molecule has 0 aliphatic carbocycles. The Balaban J connectivity index is 1.95. The van der Waals surface area contributed by atoms with Gasteiger partial charge in [0.05, 0.1) is 5.82 Å². The zero-order chi connectivity index (χ0) is 11.5. The van der Waals surface area contributed by atoms with E-state index >= 15 is 0 Å². The maximum atomic E-state index is 13.5. The van der Waals surface area contributed by atoms with E-state index in [4.69, 9.17) is 17.3 Å². The molecule has 1 atom stereocenters. The molecule has 4 heteroatoms. The third-order valence-electron chi connectivity index (χ3n) is 2.78. The number of benzene rings is 1. The van der Waals surface area contributed by atoms with E-state index in [0.29, 0.717) is 22.9 Å². The summed E-state index contributed by atoms with van der Waals surface area (Å²) >= 11 is 5.69. The third kappa shape index (κ3) is 2.67. The molecule has 2 nitrogen and oxygen atoms in total. The molecule has 0 saturated carbocycles. The smallest absolute Gasteiger partial charge is 0.127 e. The van der Waals surface area contributed by atoms with Crippen molar-refractivity contribution in [2.75, 3.05) is 6.54 Å². The molecule has 1 aromatic carbocycles. The highest BCUT2D eigenvalue weighted by Gasteiger charge is 2.13. The summed E-state index contributed by atoms with van der Waals surface area (Å²) in [7, 11) is 0. The standard InChI is InChI=1S/C12H14ClFN2/c13-10-4-3-9(11(14)6-10)2-1-8-5-12(15)16-7-8/h3-6,8,16H,1-2,7,15H2/t8-/m0/s1. The van der Waals surface area contributed by atoms with Crippen LogP contribution in [-0.2, 0) is 6.42 Å². The van der Waals surface area contributed by atoms with E-state index in [2.05, 4.69) is 5.32 Å². The van der Waals surface area contributed by atoms with Crippen molar-refractivity contribution in [1.82, 2.24) is 5.32 Å². The van der Waals surface area contributed by atoms with E-state index in [9.17, 15) is 4.39 Å². The summed E-state index contributed by atoms with van der Waals surface area (Å²) in [6, 6.07) is 4.82. The van der Waals surface area contributed by atoms with Crippen LogP contribution in [0.4, 0.5) is 4.39 Å². The molecule has 3 N–H and O–H groups in total. The lowest BCUT2D eigenvalue weighted by molar-refractivity contribution is 0.566. The average molecular weight is 241 g/mol. The van der Waals surface area contributed by atoms with Gasteiger partial charge in [0.15, 0.2) is 0 Å². The van der Waals surface area contributed by atoms with E-state index in [1.54, 1.807) is 12.1 Å². The molecule has 0 bridgehead atoms. The molecule has 1 heterocycles. The number of hydrogen-bond donors (Lipinski definition) is 2. The Morgan fingerprint density at radius 3 is 2.94 bits per heavy atom. The van der Waals surface area contributed by atoms with E-state index in [1.807, 2.05) is 6.08 Å². The van der Waals surface area contributed by atoms with Crippen LogP contribution in [0.15, 0.2) is 30.1 Å². The number of halogens is 2. The Morgan fingerprint density at radius 1 is 1.50 bits per heavy atom. The molecule has 0 amide bonds. The second-order valence-corrected chi connectivity index (χ2v) is 4.47. The lowest BCUT2D eigenvalue weighted by Gasteiger charge is -2.07. The van der Waals surface area contributed by atoms with Crippen molar-refractivity contribution in [1.29, 1.82) is 0 Å². The third-order valence-corrected chi connectivity index (χ3v) is 3.02. The van der Waals surface area contributed by atoms with Crippen molar-refractivity contribution in [3.63, 3.8) is 0 Å². The Kier molecular flexibility index (Phi) is 3.34. The summed E-state index contributed by atoms with van der Waals surface area (Å²) in [5, 5.41) is 3.49. The van der Waals surface area contributed by atoms with Crippen molar-refractivity contribution in [2.45, 2.75) is 12.8 Å². The van der Waals surface area contributed by atoms with Gasteiger partial charge in [-0.15, -0.1) is 0 Å². The van der Waals surface area contributed by atoms with E-state index in [0.717, 1.165) is 18.8 Å². The molecule has 1 aliphatic heterocycles. The van der Waals surface area contributed by atoms with Crippen LogP contribution in [-0.4, -0.2) is 6.54 Å². The molecule has 0 fully saturated rings. The fourth-order valence-corrected chi connectivity index (χ4v) is 2.03. The molecular weight excluding hydrogens is 227 g/mol. The van der Waals surface area contributed by atoms with Crippen molar-refractivity contribution in [2.24, 2.45) is 11.7 Å². The van der Waals surface area contributed by atoms with Crippen LogP contribution in [0.2, 0.25) is 5.02 Å². The van der Waals surface area contributed by atoms with Crippen molar-refractivity contribution in [3.8, 4) is 0 Å². The first-order valence-electron chi connectivity index (χ1n) is 5.30. The van der Waals surface area contributed by atoms with Crippen LogP contribution in [0, 0.1) is 11.7 Å². The highest BCUT2D eigenvalue weighted by atomic mass is 35.5. The normalized spacial score (nSPS) is 19.4. The van der Waals surface area contributed by atoms with Crippen molar-refractivity contribution < 1.29 is 4.39 Å². The van der Waals surface area contributed by atoms with Gasteiger partial charge in [0.2, 0.25) is 0 Å². The van der Waals surface area contributed by atoms with Crippen LogP contribution in [0.25, 0.3) is 0 Å². The molecule has 86 valence electrons. The molecule has 0 spiro atoms. The Morgan fingerprint density at radius 2 is 2.31 bits per heavy atom. The van der Waals surface area contributed by atoms with Gasteiger partial charge in [-0.2, -0.15) is 0 Å². The summed E-state index contributed by atoms with van der Waals surface area (Å²) in [6.07, 6.45) is 3.60.